The van der Waals surface area contributed by atoms with Gasteiger partial charge in [-0.05, 0) is 24.1 Å². The van der Waals surface area contributed by atoms with Crippen molar-refractivity contribution < 1.29 is 18.3 Å². The SMILES string of the molecule is C[C@H]1CC(=O)CO[C@@H]1c1cc(F)ccc1F. The van der Waals surface area contributed by atoms with Gasteiger partial charge in [-0.3, -0.25) is 4.79 Å². The van der Waals surface area contributed by atoms with Gasteiger partial charge in [0.05, 0.1) is 6.10 Å². The molecule has 86 valence electrons. The van der Waals surface area contributed by atoms with E-state index in [0.29, 0.717) is 6.42 Å². The zero-order valence-electron chi connectivity index (χ0n) is 8.87. The lowest BCUT2D eigenvalue weighted by Crippen LogP contribution is -2.28. The molecule has 0 bridgehead atoms. The molecule has 1 aromatic carbocycles. The maximum absolute atomic E-state index is 13.5. The predicted molar refractivity (Wildman–Crippen MR) is 53.8 cm³/mol. The maximum Gasteiger partial charge on any atom is 0.158 e. The number of ketones is 1. The van der Waals surface area contributed by atoms with Crippen molar-refractivity contribution in [1.82, 2.24) is 0 Å². The average Bonchev–Trinajstić information content (AvgIpc) is 2.22. The van der Waals surface area contributed by atoms with Crippen molar-refractivity contribution in [3.8, 4) is 0 Å². The van der Waals surface area contributed by atoms with Gasteiger partial charge in [-0.2, -0.15) is 0 Å². The highest BCUT2D eigenvalue weighted by atomic mass is 19.1. The van der Waals surface area contributed by atoms with E-state index in [2.05, 4.69) is 0 Å². The fourth-order valence-electron chi connectivity index (χ4n) is 2.00. The van der Waals surface area contributed by atoms with Gasteiger partial charge < -0.3 is 4.74 Å². The minimum atomic E-state index is -0.534. The summed E-state index contributed by atoms with van der Waals surface area (Å²) in [5.74, 6) is -1.12. The zero-order chi connectivity index (χ0) is 11.7. The van der Waals surface area contributed by atoms with Crippen LogP contribution in [0.5, 0.6) is 0 Å². The van der Waals surface area contributed by atoms with Crippen LogP contribution in [0.25, 0.3) is 0 Å². The minimum Gasteiger partial charge on any atom is -0.365 e. The van der Waals surface area contributed by atoms with Crippen molar-refractivity contribution in [2.75, 3.05) is 6.61 Å². The van der Waals surface area contributed by atoms with E-state index in [-0.39, 0.29) is 23.9 Å². The van der Waals surface area contributed by atoms with E-state index in [9.17, 15) is 13.6 Å². The van der Waals surface area contributed by atoms with E-state index in [0.717, 1.165) is 18.2 Å². The topological polar surface area (TPSA) is 26.3 Å². The Labute approximate surface area is 92.2 Å². The van der Waals surface area contributed by atoms with Crippen molar-refractivity contribution in [3.63, 3.8) is 0 Å². The molecule has 1 aliphatic heterocycles. The van der Waals surface area contributed by atoms with Crippen LogP contribution in [0.15, 0.2) is 18.2 Å². The van der Waals surface area contributed by atoms with Crippen LogP contribution < -0.4 is 0 Å². The number of halogens is 2. The molecule has 1 aromatic rings. The lowest BCUT2D eigenvalue weighted by Gasteiger charge is -2.28. The summed E-state index contributed by atoms with van der Waals surface area (Å²) in [5.41, 5.74) is 0.194. The van der Waals surface area contributed by atoms with Gasteiger partial charge in [0.25, 0.3) is 0 Å². The fraction of sp³-hybridized carbons (Fsp3) is 0.417. The molecule has 1 aliphatic rings. The highest BCUT2D eigenvalue weighted by Gasteiger charge is 2.30. The van der Waals surface area contributed by atoms with E-state index >= 15 is 0 Å². The first-order valence-electron chi connectivity index (χ1n) is 5.16. The van der Waals surface area contributed by atoms with Gasteiger partial charge in [0, 0.05) is 12.0 Å². The van der Waals surface area contributed by atoms with Gasteiger partial charge in [0.15, 0.2) is 5.78 Å². The Hall–Kier alpha value is -1.29. The van der Waals surface area contributed by atoms with Crippen molar-refractivity contribution in [2.24, 2.45) is 5.92 Å². The molecule has 1 saturated heterocycles. The van der Waals surface area contributed by atoms with Gasteiger partial charge in [0.1, 0.15) is 18.2 Å². The second-order valence-corrected chi connectivity index (χ2v) is 4.12. The monoisotopic (exact) mass is 226 g/mol. The number of hydrogen-bond donors (Lipinski definition) is 0. The summed E-state index contributed by atoms with van der Waals surface area (Å²) >= 11 is 0. The quantitative estimate of drug-likeness (QED) is 0.735. The maximum atomic E-state index is 13.5. The minimum absolute atomic E-state index is 0.000520. The van der Waals surface area contributed by atoms with Crippen molar-refractivity contribution in [2.45, 2.75) is 19.4 Å². The molecular formula is C12H12F2O2. The van der Waals surface area contributed by atoms with Crippen LogP contribution in [-0.4, -0.2) is 12.4 Å². The lowest BCUT2D eigenvalue weighted by molar-refractivity contribution is -0.136. The molecular weight excluding hydrogens is 214 g/mol. The van der Waals surface area contributed by atoms with E-state index < -0.39 is 17.7 Å². The molecule has 16 heavy (non-hydrogen) atoms. The Morgan fingerprint density at radius 3 is 2.81 bits per heavy atom. The summed E-state index contributed by atoms with van der Waals surface area (Å²) in [6, 6.07) is 3.28. The Bertz CT molecular complexity index is 417. The summed E-state index contributed by atoms with van der Waals surface area (Å²) in [6.45, 7) is 1.77. The van der Waals surface area contributed by atoms with Crippen molar-refractivity contribution in [3.05, 3.63) is 35.4 Å². The second-order valence-electron chi connectivity index (χ2n) is 4.12. The number of ether oxygens (including phenoxy) is 1. The molecule has 4 heteroatoms. The number of benzene rings is 1. The van der Waals surface area contributed by atoms with Gasteiger partial charge in [0.2, 0.25) is 0 Å². The normalized spacial score (nSPS) is 25.8. The first kappa shape index (κ1) is 11.2. The fourth-order valence-corrected chi connectivity index (χ4v) is 2.00. The lowest BCUT2D eigenvalue weighted by atomic mass is 9.90. The van der Waals surface area contributed by atoms with Crippen LogP contribution >= 0.6 is 0 Å². The van der Waals surface area contributed by atoms with Crippen LogP contribution in [0.4, 0.5) is 8.78 Å². The number of Topliss-reactive ketones (excluding diaryl/α,β-unsaturated/α-hetero) is 1. The molecule has 2 rings (SSSR count). The first-order chi connectivity index (χ1) is 7.58. The molecule has 0 aliphatic carbocycles. The number of carbonyl (C=O) groups excluding carboxylic acids is 1. The van der Waals surface area contributed by atoms with Gasteiger partial charge in [-0.15, -0.1) is 0 Å². The number of carbonyl (C=O) groups is 1. The summed E-state index contributed by atoms with van der Waals surface area (Å²) in [7, 11) is 0. The Balaban J connectivity index is 2.29. The first-order valence-corrected chi connectivity index (χ1v) is 5.16. The largest absolute Gasteiger partial charge is 0.365 e. The third-order valence-electron chi connectivity index (χ3n) is 2.75. The molecule has 0 amide bonds. The molecule has 1 heterocycles. The summed E-state index contributed by atoms with van der Waals surface area (Å²) in [6.07, 6.45) is -0.186. The Morgan fingerprint density at radius 1 is 1.38 bits per heavy atom. The van der Waals surface area contributed by atoms with Crippen LogP contribution in [0.1, 0.15) is 25.0 Å². The smallest absolute Gasteiger partial charge is 0.158 e. The van der Waals surface area contributed by atoms with Crippen LogP contribution in [0.3, 0.4) is 0 Å². The third kappa shape index (κ3) is 2.11. The molecule has 0 spiro atoms. The summed E-state index contributed by atoms with van der Waals surface area (Å²) in [5, 5.41) is 0. The van der Waals surface area contributed by atoms with Gasteiger partial charge in [-0.25, -0.2) is 8.78 Å². The Morgan fingerprint density at radius 2 is 2.12 bits per heavy atom. The van der Waals surface area contributed by atoms with Crippen molar-refractivity contribution in [1.29, 1.82) is 0 Å². The number of hydrogen-bond acceptors (Lipinski definition) is 2. The molecule has 0 radical (unpaired) electrons. The van der Waals surface area contributed by atoms with E-state index in [1.807, 2.05) is 0 Å². The standard InChI is InChI=1S/C12H12F2O2/c1-7-4-9(15)6-16-12(7)10-5-8(13)2-3-11(10)14/h2-3,5,7,12H,4,6H2,1H3/t7-,12-/m0/s1. The highest BCUT2D eigenvalue weighted by molar-refractivity contribution is 5.80. The van der Waals surface area contributed by atoms with Crippen LogP contribution in [0, 0.1) is 17.6 Å². The van der Waals surface area contributed by atoms with Crippen LogP contribution in [-0.2, 0) is 9.53 Å². The Kier molecular flexibility index (Phi) is 3.01. The van der Waals surface area contributed by atoms with Crippen molar-refractivity contribution >= 4 is 5.78 Å². The molecule has 0 aromatic heterocycles. The third-order valence-corrected chi connectivity index (χ3v) is 2.75. The average molecular weight is 226 g/mol. The molecule has 0 N–H and O–H groups in total. The highest BCUT2D eigenvalue weighted by Crippen LogP contribution is 2.33. The van der Waals surface area contributed by atoms with Gasteiger partial charge in [-0.1, -0.05) is 6.92 Å². The molecule has 1 fully saturated rings. The summed E-state index contributed by atoms with van der Waals surface area (Å²) in [4.78, 5) is 11.1. The molecule has 0 unspecified atom stereocenters. The van der Waals surface area contributed by atoms with E-state index in [4.69, 9.17) is 4.74 Å². The zero-order valence-corrected chi connectivity index (χ0v) is 8.87. The number of rotatable bonds is 1. The van der Waals surface area contributed by atoms with Crippen LogP contribution in [0.2, 0.25) is 0 Å². The van der Waals surface area contributed by atoms with E-state index in [1.54, 1.807) is 6.92 Å². The predicted octanol–water partition coefficient (Wildman–Crippen LogP) is 2.63. The summed E-state index contributed by atoms with van der Waals surface area (Å²) < 4.78 is 31.8. The molecule has 0 saturated carbocycles. The van der Waals surface area contributed by atoms with E-state index in [1.165, 1.54) is 0 Å². The second kappa shape index (κ2) is 4.29. The molecule has 2 atom stereocenters. The molecule has 2 nitrogen and oxygen atoms in total. The van der Waals surface area contributed by atoms with Gasteiger partial charge >= 0.3 is 0 Å².